The van der Waals surface area contributed by atoms with Gasteiger partial charge in [-0.25, -0.2) is 0 Å². The number of carbonyl (C=O) groups excluding carboxylic acids is 1. The molecule has 1 aliphatic rings. The minimum atomic E-state index is -1.14. The van der Waals surface area contributed by atoms with Gasteiger partial charge in [-0.3, -0.25) is 9.59 Å². The number of aliphatic carboxylic acids is 1. The average molecular weight is 516 g/mol. The van der Waals surface area contributed by atoms with Crippen molar-refractivity contribution < 1.29 is 24.5 Å². The van der Waals surface area contributed by atoms with Gasteiger partial charge in [-0.15, -0.1) is 0 Å². The molecular formula is C32H37NO5. The van der Waals surface area contributed by atoms with Crippen molar-refractivity contribution in [3.8, 4) is 5.75 Å². The van der Waals surface area contributed by atoms with Gasteiger partial charge in [0.15, 0.2) is 5.78 Å². The number of carboxylic acid groups (broad SMARTS) is 1. The number of rotatable bonds is 11. The summed E-state index contributed by atoms with van der Waals surface area (Å²) in [6.45, 7) is 5.79. The van der Waals surface area contributed by atoms with Crippen LogP contribution in [0, 0.1) is 0 Å². The van der Waals surface area contributed by atoms with Crippen molar-refractivity contribution in [2.45, 2.75) is 57.2 Å². The van der Waals surface area contributed by atoms with Crippen molar-refractivity contribution in [1.82, 2.24) is 4.90 Å². The first-order valence-electron chi connectivity index (χ1n) is 13.3. The van der Waals surface area contributed by atoms with Gasteiger partial charge >= 0.3 is 5.97 Å². The monoisotopic (exact) mass is 515 g/mol. The summed E-state index contributed by atoms with van der Waals surface area (Å²) >= 11 is 0. The van der Waals surface area contributed by atoms with Gasteiger partial charge in [0, 0.05) is 19.5 Å². The molecule has 3 aromatic rings. The Morgan fingerprint density at radius 3 is 2.05 bits per heavy atom. The molecule has 4 rings (SSSR count). The number of hydrogen-bond acceptors (Lipinski definition) is 5. The molecule has 200 valence electrons. The molecule has 0 atom stereocenters. The van der Waals surface area contributed by atoms with E-state index in [1.54, 1.807) is 19.9 Å². The van der Waals surface area contributed by atoms with Gasteiger partial charge < -0.3 is 19.8 Å². The summed E-state index contributed by atoms with van der Waals surface area (Å²) in [5.41, 5.74) is 1.88. The molecule has 0 saturated carbocycles. The van der Waals surface area contributed by atoms with E-state index in [1.807, 2.05) is 36.4 Å². The number of hydrogen-bond donors (Lipinski definition) is 2. The van der Waals surface area contributed by atoms with Crippen LogP contribution in [0.25, 0.3) is 0 Å². The Kier molecular flexibility index (Phi) is 8.97. The van der Waals surface area contributed by atoms with Crippen LogP contribution in [-0.2, 0) is 14.9 Å². The van der Waals surface area contributed by atoms with E-state index >= 15 is 0 Å². The molecule has 0 amide bonds. The molecule has 0 radical (unpaired) electrons. The van der Waals surface area contributed by atoms with Crippen molar-refractivity contribution in [3.63, 3.8) is 0 Å². The zero-order valence-electron chi connectivity index (χ0n) is 22.2. The first-order valence-corrected chi connectivity index (χ1v) is 13.3. The third kappa shape index (κ3) is 6.69. The highest BCUT2D eigenvalue weighted by Gasteiger charge is 2.30. The maximum absolute atomic E-state index is 12.7. The SMILES string of the molecule is CC(C)(C(=O)O)c1ccc(C(=O)CCCN2CCC(OC(c3ccccc3)c3ccccc3)CC2)c(O)c1. The number of likely N-dealkylation sites (tertiary alicyclic amines) is 1. The zero-order chi connectivity index (χ0) is 27.1. The Morgan fingerprint density at radius 2 is 1.53 bits per heavy atom. The fourth-order valence-electron chi connectivity index (χ4n) is 4.94. The lowest BCUT2D eigenvalue weighted by molar-refractivity contribution is -0.142. The molecular weight excluding hydrogens is 478 g/mol. The van der Waals surface area contributed by atoms with Crippen molar-refractivity contribution in [3.05, 3.63) is 101 Å². The maximum atomic E-state index is 12.7. The van der Waals surface area contributed by atoms with E-state index in [0.717, 1.165) is 43.6 Å². The molecule has 0 aliphatic carbocycles. The van der Waals surface area contributed by atoms with Crippen molar-refractivity contribution >= 4 is 11.8 Å². The Morgan fingerprint density at radius 1 is 0.947 bits per heavy atom. The molecule has 6 nitrogen and oxygen atoms in total. The summed E-state index contributed by atoms with van der Waals surface area (Å²) in [7, 11) is 0. The lowest BCUT2D eigenvalue weighted by Crippen LogP contribution is -2.38. The number of carboxylic acids is 1. The Hall–Kier alpha value is -3.48. The van der Waals surface area contributed by atoms with Gasteiger partial charge in [0.25, 0.3) is 0 Å². The third-order valence-electron chi connectivity index (χ3n) is 7.50. The van der Waals surface area contributed by atoms with Crippen LogP contribution < -0.4 is 0 Å². The Balaban J connectivity index is 1.26. The van der Waals surface area contributed by atoms with Gasteiger partial charge in [0.2, 0.25) is 0 Å². The van der Waals surface area contributed by atoms with Crippen LogP contribution in [0.4, 0.5) is 0 Å². The largest absolute Gasteiger partial charge is 0.507 e. The van der Waals surface area contributed by atoms with Crippen molar-refractivity contribution in [2.75, 3.05) is 19.6 Å². The summed E-state index contributed by atoms with van der Waals surface area (Å²) in [6, 6.07) is 25.2. The standard InChI is InChI=1S/C32H37NO5/c1-32(2,31(36)37)25-15-16-27(29(35)22-25)28(34)14-9-19-33-20-17-26(18-21-33)38-30(23-10-5-3-6-11-23)24-12-7-4-8-13-24/h3-8,10-13,15-16,22,26,30,35H,9,14,17-21H2,1-2H3,(H,36,37). The highest BCUT2D eigenvalue weighted by molar-refractivity contribution is 5.98. The number of ketones is 1. The molecule has 1 aliphatic heterocycles. The number of benzene rings is 3. The van der Waals surface area contributed by atoms with Crippen molar-refractivity contribution in [1.29, 1.82) is 0 Å². The zero-order valence-corrected chi connectivity index (χ0v) is 22.2. The predicted octanol–water partition coefficient (Wildman–Crippen LogP) is 5.99. The molecule has 0 bridgehead atoms. The molecule has 3 aromatic carbocycles. The molecule has 0 aromatic heterocycles. The second-order valence-corrected chi connectivity index (χ2v) is 10.6. The molecule has 1 fully saturated rings. The first-order chi connectivity index (χ1) is 18.3. The van der Waals surface area contributed by atoms with E-state index in [2.05, 4.69) is 29.2 Å². The van der Waals surface area contributed by atoms with Crippen LogP contribution in [-0.4, -0.2) is 52.6 Å². The second kappa shape index (κ2) is 12.4. The topological polar surface area (TPSA) is 87.1 Å². The number of nitrogens with zero attached hydrogens (tertiary/aromatic N) is 1. The number of ether oxygens (including phenoxy) is 1. The summed E-state index contributed by atoms with van der Waals surface area (Å²) in [5, 5.41) is 19.8. The highest BCUT2D eigenvalue weighted by Crippen LogP contribution is 2.31. The van der Waals surface area contributed by atoms with E-state index in [9.17, 15) is 19.8 Å². The average Bonchev–Trinajstić information content (AvgIpc) is 2.93. The van der Waals surface area contributed by atoms with Crippen LogP contribution in [0.3, 0.4) is 0 Å². The van der Waals surface area contributed by atoms with Crippen molar-refractivity contribution in [2.24, 2.45) is 0 Å². The number of carbonyl (C=O) groups is 2. The molecule has 0 unspecified atom stereocenters. The highest BCUT2D eigenvalue weighted by atomic mass is 16.5. The van der Waals surface area contributed by atoms with Crippen LogP contribution in [0.5, 0.6) is 5.75 Å². The van der Waals surface area contributed by atoms with Gasteiger partial charge in [0.1, 0.15) is 11.9 Å². The summed E-state index contributed by atoms with van der Waals surface area (Å²) in [5.74, 6) is -1.28. The lowest BCUT2D eigenvalue weighted by Gasteiger charge is -2.34. The van der Waals surface area contributed by atoms with Crippen LogP contribution >= 0.6 is 0 Å². The minimum absolute atomic E-state index is 0.0910. The molecule has 1 heterocycles. The van der Waals surface area contributed by atoms with E-state index in [1.165, 1.54) is 12.1 Å². The third-order valence-corrected chi connectivity index (χ3v) is 7.50. The normalized spacial score (nSPS) is 15.0. The molecule has 2 N–H and O–H groups in total. The van der Waals surface area contributed by atoms with Gasteiger partial charge in [0.05, 0.1) is 17.1 Å². The van der Waals surface area contributed by atoms with Gasteiger partial charge in [-0.2, -0.15) is 0 Å². The summed E-state index contributed by atoms with van der Waals surface area (Å²) < 4.78 is 6.63. The van der Waals surface area contributed by atoms with Gasteiger partial charge in [-0.1, -0.05) is 66.7 Å². The first kappa shape index (κ1) is 27.6. The van der Waals surface area contributed by atoms with Crippen LogP contribution in [0.2, 0.25) is 0 Å². The molecule has 1 saturated heterocycles. The smallest absolute Gasteiger partial charge is 0.313 e. The number of phenolic OH excluding ortho intramolecular Hbond substituents is 1. The quantitative estimate of drug-likeness (QED) is 0.305. The summed E-state index contributed by atoms with van der Waals surface area (Å²) in [4.78, 5) is 26.6. The molecule has 0 spiro atoms. The predicted molar refractivity (Wildman–Crippen MR) is 148 cm³/mol. The maximum Gasteiger partial charge on any atom is 0.313 e. The Bertz CT molecular complexity index is 1180. The van der Waals surface area contributed by atoms with Crippen LogP contribution in [0.15, 0.2) is 78.9 Å². The Labute approximate surface area is 224 Å². The second-order valence-electron chi connectivity index (χ2n) is 10.6. The fourth-order valence-corrected chi connectivity index (χ4v) is 4.94. The number of Topliss-reactive ketones (excluding diaryl/α,β-unsaturated/α-hetero) is 1. The van der Waals surface area contributed by atoms with Gasteiger partial charge in [-0.05, 0) is 68.5 Å². The van der Waals surface area contributed by atoms with E-state index in [4.69, 9.17) is 4.74 Å². The number of aromatic hydroxyl groups is 1. The van der Waals surface area contributed by atoms with E-state index < -0.39 is 11.4 Å². The van der Waals surface area contributed by atoms with Crippen LogP contribution in [0.1, 0.15) is 72.7 Å². The summed E-state index contributed by atoms with van der Waals surface area (Å²) in [6.07, 6.45) is 2.98. The fraction of sp³-hybridized carbons (Fsp3) is 0.375. The molecule has 38 heavy (non-hydrogen) atoms. The number of piperidine rings is 1. The van der Waals surface area contributed by atoms with E-state index in [-0.39, 0.29) is 29.3 Å². The lowest BCUT2D eigenvalue weighted by atomic mass is 9.84. The number of phenols is 1. The minimum Gasteiger partial charge on any atom is -0.507 e. The molecule has 6 heteroatoms. The van der Waals surface area contributed by atoms with E-state index in [0.29, 0.717) is 18.4 Å².